The molecule has 5 rings (SSSR count). The average Bonchev–Trinajstić information content (AvgIpc) is 3.74. The first-order chi connectivity index (χ1) is 20.5. The maximum Gasteiger partial charge on any atom is 0.159 e. The Balaban J connectivity index is 1.44. The van der Waals surface area contributed by atoms with E-state index in [9.17, 15) is 8.78 Å². The van der Waals surface area contributed by atoms with Crippen molar-refractivity contribution in [2.75, 3.05) is 0 Å². The molecule has 3 aromatic heterocycles. The van der Waals surface area contributed by atoms with E-state index >= 15 is 0 Å². The zero-order chi connectivity index (χ0) is 29.5. The van der Waals surface area contributed by atoms with Crippen LogP contribution in [-0.2, 0) is 6.42 Å². The van der Waals surface area contributed by atoms with Crippen molar-refractivity contribution >= 4 is 65.8 Å². The van der Waals surface area contributed by atoms with Gasteiger partial charge in [-0.2, -0.15) is 0 Å². The molecule has 0 fully saturated rings. The van der Waals surface area contributed by atoms with Crippen LogP contribution in [0.5, 0.6) is 0 Å². The fraction of sp³-hybridized carbons (Fsp3) is 0.444. The Kier molecular flexibility index (Phi) is 11.5. The minimum atomic E-state index is -0.819. The predicted molar refractivity (Wildman–Crippen MR) is 185 cm³/mol. The van der Waals surface area contributed by atoms with E-state index in [1.54, 1.807) is 28.7 Å². The Morgan fingerprint density at radius 3 is 1.95 bits per heavy atom. The summed E-state index contributed by atoms with van der Waals surface area (Å²) in [4.78, 5) is 2.50. The molecule has 224 valence electrons. The molecule has 0 aliphatic heterocycles. The Morgan fingerprint density at radius 2 is 1.29 bits per heavy atom. The second kappa shape index (κ2) is 15.3. The van der Waals surface area contributed by atoms with E-state index in [2.05, 4.69) is 42.8 Å². The van der Waals surface area contributed by atoms with Crippen LogP contribution >= 0.6 is 45.6 Å². The van der Waals surface area contributed by atoms with Crippen LogP contribution in [0.4, 0.5) is 8.78 Å². The predicted octanol–water partition coefficient (Wildman–Crippen LogP) is 14.3. The van der Waals surface area contributed by atoms with Crippen molar-refractivity contribution in [2.24, 2.45) is 5.92 Å². The quantitative estimate of drug-likeness (QED) is 0.0939. The van der Waals surface area contributed by atoms with Crippen LogP contribution in [0.25, 0.3) is 41.7 Å². The zero-order valence-corrected chi connectivity index (χ0v) is 28.0. The zero-order valence-electron chi connectivity index (χ0n) is 24.7. The Bertz CT molecular complexity index is 1540. The monoisotopic (exact) mass is 642 g/mol. The number of fused-ring (bicyclic) bond motifs is 2. The summed E-state index contributed by atoms with van der Waals surface area (Å²) in [6.07, 6.45) is 16.9. The Hall–Kier alpha value is -1.79. The summed E-state index contributed by atoms with van der Waals surface area (Å²) >= 11 is 12.2. The largest absolute Gasteiger partial charge is 0.204 e. The lowest BCUT2D eigenvalue weighted by Gasteiger charge is -2.16. The maximum absolute atomic E-state index is 14.3. The highest BCUT2D eigenvalue weighted by Crippen LogP contribution is 2.50. The molecule has 0 amide bonds. The number of benzene rings is 2. The third kappa shape index (κ3) is 7.29. The normalized spacial score (nSPS) is 12.6. The Labute approximate surface area is 266 Å². The molecular formula is C36H41ClF2S3. The fourth-order valence-corrected chi connectivity index (χ4v) is 9.80. The van der Waals surface area contributed by atoms with Crippen LogP contribution < -0.4 is 0 Å². The molecule has 0 aliphatic carbocycles. The van der Waals surface area contributed by atoms with Crippen molar-refractivity contribution in [3.63, 3.8) is 0 Å². The smallest absolute Gasteiger partial charge is 0.159 e. The molecule has 0 aliphatic rings. The molecule has 2 aromatic carbocycles. The Morgan fingerprint density at radius 1 is 0.690 bits per heavy atom. The highest BCUT2D eigenvalue weighted by atomic mass is 35.5. The molecule has 5 aromatic rings. The van der Waals surface area contributed by atoms with E-state index in [0.717, 1.165) is 32.5 Å². The lowest BCUT2D eigenvalue weighted by Crippen LogP contribution is -2.04. The van der Waals surface area contributed by atoms with E-state index in [4.69, 9.17) is 11.6 Å². The van der Waals surface area contributed by atoms with Crippen LogP contribution in [0.1, 0.15) is 95.8 Å². The molecule has 0 radical (unpaired) electrons. The van der Waals surface area contributed by atoms with E-state index in [0.29, 0.717) is 11.5 Å². The first kappa shape index (κ1) is 31.6. The molecule has 42 heavy (non-hydrogen) atoms. The number of hydrogen-bond acceptors (Lipinski definition) is 3. The minimum Gasteiger partial charge on any atom is -0.204 e. The molecule has 0 nitrogen and oxygen atoms in total. The standard InChI is InChI=1S/C36H41ClF2S3/c1-3-5-7-9-10-12-14-24(13-11-8-6-4-2)21-31-28(37)23-32(42-31)34-27-18-20-40-35(27)33(26-17-19-41-36(26)34)25-15-16-29(38)30(39)22-25/h15-20,22-24H,3-14,21H2,1-2H3. The van der Waals surface area contributed by atoms with E-state index < -0.39 is 11.6 Å². The van der Waals surface area contributed by atoms with Crippen molar-refractivity contribution in [1.82, 2.24) is 0 Å². The maximum atomic E-state index is 14.3. The minimum absolute atomic E-state index is 0.677. The van der Waals surface area contributed by atoms with Gasteiger partial charge in [0.2, 0.25) is 0 Å². The molecule has 6 heteroatoms. The van der Waals surface area contributed by atoms with Crippen molar-refractivity contribution in [2.45, 2.75) is 97.3 Å². The van der Waals surface area contributed by atoms with Crippen molar-refractivity contribution in [3.05, 3.63) is 68.7 Å². The number of thiophene rings is 3. The van der Waals surface area contributed by atoms with Crippen LogP contribution in [0, 0.1) is 17.6 Å². The summed E-state index contributed by atoms with van der Waals surface area (Å²) in [5.41, 5.74) is 2.91. The molecule has 1 unspecified atom stereocenters. The second-order valence-corrected chi connectivity index (χ2v) is 14.9. The average molecular weight is 643 g/mol. The van der Waals surface area contributed by atoms with E-state index in [1.807, 2.05) is 11.3 Å². The van der Waals surface area contributed by atoms with Gasteiger partial charge in [-0.25, -0.2) is 8.78 Å². The first-order valence-electron chi connectivity index (χ1n) is 15.7. The first-order valence-corrected chi connectivity index (χ1v) is 18.6. The summed E-state index contributed by atoms with van der Waals surface area (Å²) in [5, 5.41) is 7.32. The molecule has 3 heterocycles. The summed E-state index contributed by atoms with van der Waals surface area (Å²) < 4.78 is 30.4. The van der Waals surface area contributed by atoms with Gasteiger partial charge >= 0.3 is 0 Å². The van der Waals surface area contributed by atoms with Crippen molar-refractivity contribution in [3.8, 4) is 21.6 Å². The summed E-state index contributed by atoms with van der Waals surface area (Å²) in [6, 6.07) is 10.7. The molecule has 1 atom stereocenters. The molecule has 0 bridgehead atoms. The van der Waals surface area contributed by atoms with E-state index in [1.165, 1.54) is 109 Å². The van der Waals surface area contributed by atoms with Crippen molar-refractivity contribution in [1.29, 1.82) is 0 Å². The van der Waals surface area contributed by atoms with Crippen LogP contribution in [0.2, 0.25) is 5.02 Å². The molecule has 0 saturated carbocycles. The van der Waals surface area contributed by atoms with Crippen LogP contribution in [0.3, 0.4) is 0 Å². The van der Waals surface area contributed by atoms with Crippen LogP contribution in [-0.4, -0.2) is 0 Å². The molecule has 0 saturated heterocycles. The fourth-order valence-electron chi connectivity index (χ4n) is 6.18. The number of unbranched alkanes of at least 4 members (excludes halogenated alkanes) is 8. The highest BCUT2D eigenvalue weighted by molar-refractivity contribution is 7.21. The van der Waals surface area contributed by atoms with E-state index in [-0.39, 0.29) is 0 Å². The lowest BCUT2D eigenvalue weighted by atomic mass is 9.91. The number of halogens is 3. The van der Waals surface area contributed by atoms with Gasteiger partial charge in [0.25, 0.3) is 0 Å². The SMILES string of the molecule is CCCCCCCCC(CCCCCC)Cc1sc(-c2c3ccsc3c(-c3ccc(F)c(F)c3)c3ccsc23)cc1Cl. The van der Waals surface area contributed by atoms with Gasteiger partial charge in [0.1, 0.15) is 0 Å². The van der Waals surface area contributed by atoms with Crippen molar-refractivity contribution < 1.29 is 8.78 Å². The van der Waals surface area contributed by atoms with Gasteiger partial charge in [-0.05, 0) is 59.0 Å². The summed E-state index contributed by atoms with van der Waals surface area (Å²) in [7, 11) is 0. The molecular weight excluding hydrogens is 602 g/mol. The topological polar surface area (TPSA) is 0 Å². The second-order valence-electron chi connectivity index (χ2n) is 11.6. The molecule has 0 spiro atoms. The third-order valence-corrected chi connectivity index (χ3v) is 11.9. The van der Waals surface area contributed by atoms with Gasteiger partial charge in [-0.3, -0.25) is 0 Å². The summed E-state index contributed by atoms with van der Waals surface area (Å²) in [6.45, 7) is 4.56. The van der Waals surface area contributed by atoms with Gasteiger partial charge in [0.05, 0.1) is 5.02 Å². The lowest BCUT2D eigenvalue weighted by molar-refractivity contribution is 0.404. The van der Waals surface area contributed by atoms with Gasteiger partial charge in [0, 0.05) is 41.1 Å². The third-order valence-electron chi connectivity index (χ3n) is 8.44. The van der Waals surface area contributed by atoms with Gasteiger partial charge in [-0.1, -0.05) is 109 Å². The van der Waals surface area contributed by atoms with Gasteiger partial charge in [0.15, 0.2) is 11.6 Å². The summed E-state index contributed by atoms with van der Waals surface area (Å²) in [5.74, 6) is -0.958. The highest BCUT2D eigenvalue weighted by Gasteiger charge is 2.22. The van der Waals surface area contributed by atoms with Gasteiger partial charge < -0.3 is 0 Å². The molecule has 0 N–H and O–H groups in total. The number of hydrogen-bond donors (Lipinski definition) is 0. The van der Waals surface area contributed by atoms with Gasteiger partial charge in [-0.15, -0.1) is 34.0 Å². The van der Waals surface area contributed by atoms with Crippen LogP contribution in [0.15, 0.2) is 47.2 Å². The number of rotatable bonds is 16.